The van der Waals surface area contributed by atoms with Crippen LogP contribution in [0.1, 0.15) is 10.4 Å². The van der Waals surface area contributed by atoms with Gasteiger partial charge in [-0.15, -0.1) is 5.10 Å². The van der Waals surface area contributed by atoms with E-state index < -0.39 is 0 Å². The monoisotopic (exact) mass is 403 g/mol. The third-order valence-corrected chi connectivity index (χ3v) is 4.70. The van der Waals surface area contributed by atoms with E-state index in [-0.39, 0.29) is 11.5 Å². The molecule has 1 aromatic heterocycles. The molecular weight excluding hydrogens is 390 g/mol. The van der Waals surface area contributed by atoms with E-state index >= 15 is 0 Å². The average Bonchev–Trinajstić information content (AvgIpc) is 3.09. The molecule has 0 fully saturated rings. The Morgan fingerprint density at radius 3 is 2.71 bits per heavy atom. The van der Waals surface area contributed by atoms with Gasteiger partial charge >= 0.3 is 0 Å². The first kappa shape index (κ1) is 16.7. The predicted molar refractivity (Wildman–Crippen MR) is 97.6 cm³/mol. The Morgan fingerprint density at radius 2 is 1.96 bits per heavy atom. The van der Waals surface area contributed by atoms with Gasteiger partial charge in [-0.3, -0.25) is 9.89 Å². The number of aromatic amines is 1. The molecule has 3 aromatic rings. The van der Waals surface area contributed by atoms with Crippen molar-refractivity contribution in [1.82, 2.24) is 15.2 Å². The number of rotatable bonds is 6. The Hall–Kier alpha value is -2.12. The van der Waals surface area contributed by atoms with Gasteiger partial charge in [-0.05, 0) is 24.3 Å². The molecule has 0 aliphatic heterocycles. The van der Waals surface area contributed by atoms with Gasteiger partial charge in [0.1, 0.15) is 5.75 Å². The van der Waals surface area contributed by atoms with E-state index in [1.165, 1.54) is 11.8 Å². The molecule has 1 heterocycles. The standard InChI is InChI=1S/C17H14BrN3O2S/c1-23-15-5-3-2-4-13(15)16-19-17(21-20-16)24-10-14(22)11-6-8-12(18)9-7-11/h2-9H,10H2,1H3,(H,19,20,21). The van der Waals surface area contributed by atoms with Gasteiger partial charge in [-0.1, -0.05) is 52.0 Å². The lowest BCUT2D eigenvalue weighted by Gasteiger charge is -2.04. The van der Waals surface area contributed by atoms with E-state index in [0.717, 1.165) is 15.8 Å². The van der Waals surface area contributed by atoms with Crippen LogP contribution in [-0.4, -0.2) is 33.8 Å². The summed E-state index contributed by atoms with van der Waals surface area (Å²) in [5, 5.41) is 7.58. The predicted octanol–water partition coefficient (Wildman–Crippen LogP) is 4.22. The highest BCUT2D eigenvalue weighted by Crippen LogP contribution is 2.28. The van der Waals surface area contributed by atoms with Crippen molar-refractivity contribution in [3.8, 4) is 17.1 Å². The SMILES string of the molecule is COc1ccccc1-c1nc(SCC(=O)c2ccc(Br)cc2)n[nH]1. The molecule has 0 aliphatic carbocycles. The van der Waals surface area contributed by atoms with Crippen LogP contribution >= 0.6 is 27.7 Å². The largest absolute Gasteiger partial charge is 0.496 e. The number of halogens is 1. The number of H-pyrrole nitrogens is 1. The number of aromatic nitrogens is 3. The molecule has 5 nitrogen and oxygen atoms in total. The van der Waals surface area contributed by atoms with Crippen molar-refractivity contribution >= 4 is 33.5 Å². The minimum atomic E-state index is 0.0381. The van der Waals surface area contributed by atoms with Crippen LogP contribution in [0.3, 0.4) is 0 Å². The van der Waals surface area contributed by atoms with Gasteiger partial charge in [-0.25, -0.2) is 4.98 Å². The number of thioether (sulfide) groups is 1. The summed E-state index contributed by atoms with van der Waals surface area (Å²) in [6.45, 7) is 0. The van der Waals surface area contributed by atoms with E-state index in [9.17, 15) is 4.79 Å². The van der Waals surface area contributed by atoms with Crippen LogP contribution in [0.4, 0.5) is 0 Å². The first-order valence-corrected chi connectivity index (χ1v) is 8.92. The topological polar surface area (TPSA) is 67.9 Å². The highest BCUT2D eigenvalue weighted by Gasteiger charge is 2.12. The molecule has 0 atom stereocenters. The number of carbonyl (C=O) groups is 1. The Balaban J connectivity index is 1.68. The Bertz CT molecular complexity index is 849. The van der Waals surface area contributed by atoms with Gasteiger partial charge in [0.2, 0.25) is 5.16 Å². The lowest BCUT2D eigenvalue weighted by molar-refractivity contribution is 0.102. The first-order valence-electron chi connectivity index (χ1n) is 7.14. The van der Waals surface area contributed by atoms with Crippen LogP contribution in [-0.2, 0) is 0 Å². The highest BCUT2D eigenvalue weighted by atomic mass is 79.9. The molecule has 0 radical (unpaired) electrons. The third-order valence-electron chi connectivity index (χ3n) is 3.33. The molecule has 2 aromatic carbocycles. The van der Waals surface area contributed by atoms with Crippen LogP contribution in [0.15, 0.2) is 58.2 Å². The smallest absolute Gasteiger partial charge is 0.209 e. The van der Waals surface area contributed by atoms with E-state index in [1.807, 2.05) is 36.4 Å². The van der Waals surface area contributed by atoms with Crippen molar-refractivity contribution in [2.45, 2.75) is 5.16 Å². The molecular formula is C17H14BrN3O2S. The molecule has 0 bridgehead atoms. The summed E-state index contributed by atoms with van der Waals surface area (Å²) in [5.74, 6) is 1.66. The third kappa shape index (κ3) is 3.85. The van der Waals surface area contributed by atoms with Gasteiger partial charge in [0.25, 0.3) is 0 Å². The number of hydrogen-bond acceptors (Lipinski definition) is 5. The second-order valence-electron chi connectivity index (χ2n) is 4.89. The molecule has 3 rings (SSSR count). The van der Waals surface area contributed by atoms with Crippen molar-refractivity contribution in [1.29, 1.82) is 0 Å². The number of ether oxygens (including phenoxy) is 1. The summed E-state index contributed by atoms with van der Waals surface area (Å²) < 4.78 is 6.27. The average molecular weight is 404 g/mol. The number of hydrogen-bond donors (Lipinski definition) is 1. The van der Waals surface area contributed by atoms with Crippen LogP contribution in [0.2, 0.25) is 0 Å². The maximum atomic E-state index is 12.2. The quantitative estimate of drug-likeness (QED) is 0.492. The number of para-hydroxylation sites is 1. The molecule has 0 amide bonds. The van der Waals surface area contributed by atoms with Crippen LogP contribution in [0.25, 0.3) is 11.4 Å². The minimum absolute atomic E-state index is 0.0381. The molecule has 0 saturated heterocycles. The molecule has 7 heteroatoms. The molecule has 122 valence electrons. The van der Waals surface area contributed by atoms with Crippen molar-refractivity contribution in [3.63, 3.8) is 0 Å². The van der Waals surface area contributed by atoms with Crippen molar-refractivity contribution in [3.05, 3.63) is 58.6 Å². The fraction of sp³-hybridized carbons (Fsp3) is 0.118. The zero-order valence-corrected chi connectivity index (χ0v) is 15.2. The van der Waals surface area contributed by atoms with Crippen LogP contribution in [0, 0.1) is 0 Å². The highest BCUT2D eigenvalue weighted by molar-refractivity contribution is 9.10. The molecule has 0 spiro atoms. The number of Topliss-reactive ketones (excluding diaryl/α,β-unsaturated/α-hetero) is 1. The first-order chi connectivity index (χ1) is 11.7. The summed E-state index contributed by atoms with van der Waals surface area (Å²) in [7, 11) is 1.61. The van der Waals surface area contributed by atoms with Crippen LogP contribution in [0.5, 0.6) is 5.75 Å². The summed E-state index contributed by atoms with van der Waals surface area (Å²) in [5.41, 5.74) is 1.50. The Morgan fingerprint density at radius 1 is 1.21 bits per heavy atom. The molecule has 0 saturated carbocycles. The summed E-state index contributed by atoms with van der Waals surface area (Å²) in [6.07, 6.45) is 0. The van der Waals surface area contributed by atoms with Crippen molar-refractivity contribution in [2.75, 3.05) is 12.9 Å². The molecule has 0 aliphatic rings. The lowest BCUT2D eigenvalue weighted by atomic mass is 10.2. The number of nitrogens with one attached hydrogen (secondary N) is 1. The minimum Gasteiger partial charge on any atom is -0.496 e. The Labute approximate surface area is 152 Å². The van der Waals surface area contributed by atoms with Gasteiger partial charge in [0.05, 0.1) is 18.4 Å². The molecule has 0 unspecified atom stereocenters. The van der Waals surface area contributed by atoms with E-state index in [1.54, 1.807) is 19.2 Å². The number of ketones is 1. The number of carbonyl (C=O) groups excluding carboxylic acids is 1. The number of benzene rings is 2. The van der Waals surface area contributed by atoms with Gasteiger partial charge in [-0.2, -0.15) is 0 Å². The second-order valence-corrected chi connectivity index (χ2v) is 6.74. The van der Waals surface area contributed by atoms with Crippen LogP contribution < -0.4 is 4.74 Å². The summed E-state index contributed by atoms with van der Waals surface area (Å²) >= 11 is 4.66. The normalized spacial score (nSPS) is 10.6. The number of methoxy groups -OCH3 is 1. The maximum absolute atomic E-state index is 12.2. The van der Waals surface area contributed by atoms with E-state index in [2.05, 4.69) is 31.1 Å². The maximum Gasteiger partial charge on any atom is 0.209 e. The van der Waals surface area contributed by atoms with Gasteiger partial charge in [0, 0.05) is 10.0 Å². The zero-order valence-electron chi connectivity index (χ0n) is 12.8. The number of nitrogens with zero attached hydrogens (tertiary/aromatic N) is 2. The van der Waals surface area contributed by atoms with E-state index in [0.29, 0.717) is 16.5 Å². The van der Waals surface area contributed by atoms with Gasteiger partial charge < -0.3 is 4.74 Å². The van der Waals surface area contributed by atoms with E-state index in [4.69, 9.17) is 4.74 Å². The Kier molecular flexibility index (Phi) is 5.32. The lowest BCUT2D eigenvalue weighted by Crippen LogP contribution is -2.02. The van der Waals surface area contributed by atoms with Gasteiger partial charge in [0.15, 0.2) is 11.6 Å². The molecule has 1 N–H and O–H groups in total. The zero-order chi connectivity index (χ0) is 16.9. The second kappa shape index (κ2) is 7.63. The molecule has 24 heavy (non-hydrogen) atoms. The fourth-order valence-electron chi connectivity index (χ4n) is 2.12. The summed E-state index contributed by atoms with van der Waals surface area (Å²) in [6, 6.07) is 14.9. The summed E-state index contributed by atoms with van der Waals surface area (Å²) in [4.78, 5) is 16.6. The van der Waals surface area contributed by atoms with Crippen molar-refractivity contribution < 1.29 is 9.53 Å². The van der Waals surface area contributed by atoms with Crippen molar-refractivity contribution in [2.24, 2.45) is 0 Å². The fourth-order valence-corrected chi connectivity index (χ4v) is 3.08.